The lowest BCUT2D eigenvalue weighted by atomic mass is 9.74. The van der Waals surface area contributed by atoms with E-state index in [0.29, 0.717) is 5.69 Å². The van der Waals surface area contributed by atoms with Crippen LogP contribution in [0.2, 0.25) is 0 Å². The lowest BCUT2D eigenvalue weighted by Crippen LogP contribution is -2.62. The molecule has 3 fully saturated rings. The topological polar surface area (TPSA) is 120 Å². The van der Waals surface area contributed by atoms with Crippen molar-refractivity contribution in [2.24, 2.45) is 11.8 Å². The van der Waals surface area contributed by atoms with Crippen molar-refractivity contribution in [1.29, 1.82) is 0 Å². The number of imide groups is 1. The van der Waals surface area contributed by atoms with Crippen molar-refractivity contribution in [1.82, 2.24) is 4.90 Å². The van der Waals surface area contributed by atoms with Crippen LogP contribution in [0.1, 0.15) is 6.92 Å². The zero-order chi connectivity index (χ0) is 21.1. The Kier molecular flexibility index (Phi) is 4.02. The van der Waals surface area contributed by atoms with Crippen LogP contribution < -0.4 is 4.90 Å². The molecule has 29 heavy (non-hydrogen) atoms. The predicted molar refractivity (Wildman–Crippen MR) is 93.9 cm³/mol. The summed E-state index contributed by atoms with van der Waals surface area (Å²) in [6.45, 7) is 0.865. The number of anilines is 1. The van der Waals surface area contributed by atoms with E-state index in [1.165, 1.54) is 6.92 Å². The number of ether oxygens (including phenoxy) is 3. The van der Waals surface area contributed by atoms with Crippen LogP contribution in [-0.4, -0.2) is 66.7 Å². The minimum atomic E-state index is -2.33. The van der Waals surface area contributed by atoms with Gasteiger partial charge in [-0.05, 0) is 19.1 Å². The molecular formula is C19H18N2O8. The van der Waals surface area contributed by atoms with Crippen LogP contribution in [0.3, 0.4) is 0 Å². The van der Waals surface area contributed by atoms with E-state index in [9.17, 15) is 24.0 Å². The van der Waals surface area contributed by atoms with Gasteiger partial charge in [-0.25, -0.2) is 9.69 Å². The first-order valence-corrected chi connectivity index (χ1v) is 8.84. The number of likely N-dealkylation sites (tertiary alicyclic amines) is 1. The Balaban J connectivity index is 1.86. The number of esters is 2. The minimum Gasteiger partial charge on any atom is -0.468 e. The molecule has 10 nitrogen and oxygen atoms in total. The van der Waals surface area contributed by atoms with Gasteiger partial charge in [-0.15, -0.1) is 0 Å². The number of piperidine rings is 1. The van der Waals surface area contributed by atoms with E-state index in [4.69, 9.17) is 9.47 Å². The number of hydrogen-bond donors (Lipinski definition) is 0. The lowest BCUT2D eigenvalue weighted by Gasteiger charge is -2.37. The first kappa shape index (κ1) is 19.1. The van der Waals surface area contributed by atoms with E-state index in [0.717, 1.165) is 24.0 Å². The second kappa shape index (κ2) is 6.11. The molecule has 4 atom stereocenters. The molecule has 0 aliphatic carbocycles. The van der Waals surface area contributed by atoms with Gasteiger partial charge in [0.15, 0.2) is 5.72 Å². The van der Waals surface area contributed by atoms with Crippen LogP contribution in [0.25, 0.3) is 0 Å². The molecule has 3 aliphatic heterocycles. The highest BCUT2D eigenvalue weighted by Crippen LogP contribution is 2.59. The second-order valence-corrected chi connectivity index (χ2v) is 7.15. The number of rotatable bonds is 4. The van der Waals surface area contributed by atoms with Gasteiger partial charge in [0.1, 0.15) is 18.4 Å². The fourth-order valence-corrected chi connectivity index (χ4v) is 4.54. The van der Waals surface area contributed by atoms with E-state index >= 15 is 0 Å². The molecular weight excluding hydrogens is 384 g/mol. The van der Waals surface area contributed by atoms with Crippen molar-refractivity contribution in [2.45, 2.75) is 18.2 Å². The maximum Gasteiger partial charge on any atom is 0.349 e. The number of amides is 3. The van der Waals surface area contributed by atoms with Gasteiger partial charge < -0.3 is 14.2 Å². The average Bonchev–Trinajstić information content (AvgIpc) is 3.25. The zero-order valence-corrected chi connectivity index (χ0v) is 15.9. The van der Waals surface area contributed by atoms with Gasteiger partial charge in [0.25, 0.3) is 11.5 Å². The largest absolute Gasteiger partial charge is 0.468 e. The Bertz CT molecular complexity index is 947. The molecule has 0 radical (unpaired) electrons. The van der Waals surface area contributed by atoms with Crippen LogP contribution in [0.5, 0.6) is 0 Å². The first-order chi connectivity index (χ1) is 13.7. The van der Waals surface area contributed by atoms with Gasteiger partial charge in [0.05, 0.1) is 19.9 Å². The molecule has 0 N–H and O–H groups in total. The Hall–Kier alpha value is -3.27. The number of carbonyl (C=O) groups excluding carboxylic acids is 5. The van der Waals surface area contributed by atoms with Crippen molar-refractivity contribution in [3.63, 3.8) is 0 Å². The first-order valence-electron chi connectivity index (χ1n) is 8.84. The summed E-state index contributed by atoms with van der Waals surface area (Å²) in [7, 11) is 2.20. The Morgan fingerprint density at radius 1 is 1.03 bits per heavy atom. The highest BCUT2D eigenvalue weighted by atomic mass is 16.6. The summed E-state index contributed by atoms with van der Waals surface area (Å²) >= 11 is 0. The third-order valence-electron chi connectivity index (χ3n) is 5.81. The minimum absolute atomic E-state index is 0.312. The lowest BCUT2D eigenvalue weighted by molar-refractivity contribution is -0.174. The van der Waals surface area contributed by atoms with Crippen molar-refractivity contribution >= 4 is 35.3 Å². The number of nitrogens with zero attached hydrogens (tertiary/aromatic N) is 2. The third kappa shape index (κ3) is 2.17. The van der Waals surface area contributed by atoms with Gasteiger partial charge in [0.2, 0.25) is 11.8 Å². The number of hydrogen-bond acceptors (Lipinski definition) is 8. The summed E-state index contributed by atoms with van der Waals surface area (Å²) in [5.41, 5.74) is -3.72. The number of methoxy groups -OCH3 is 2. The number of fused-ring (bicyclic) bond motifs is 5. The van der Waals surface area contributed by atoms with Crippen molar-refractivity contribution in [2.75, 3.05) is 25.7 Å². The van der Waals surface area contributed by atoms with Gasteiger partial charge in [-0.2, -0.15) is 0 Å². The highest BCUT2D eigenvalue weighted by Gasteiger charge is 2.84. The van der Waals surface area contributed by atoms with Gasteiger partial charge in [-0.3, -0.25) is 24.1 Å². The highest BCUT2D eigenvalue weighted by molar-refractivity contribution is 6.28. The van der Waals surface area contributed by atoms with Crippen molar-refractivity contribution in [3.8, 4) is 0 Å². The monoisotopic (exact) mass is 402 g/mol. The number of benzene rings is 1. The van der Waals surface area contributed by atoms with E-state index in [1.54, 1.807) is 30.3 Å². The number of para-hydroxylation sites is 1. The predicted octanol–water partition coefficient (Wildman–Crippen LogP) is -0.534. The molecule has 3 amide bonds. The molecule has 10 heteroatoms. The van der Waals surface area contributed by atoms with Crippen molar-refractivity contribution < 1.29 is 38.2 Å². The standard InChI is InChI=1S/C19H18N2O8/c1-18-12-13(15(24)21(14(12)23)10-7-5-4-6-8-10)19(29-18,17(26)28-3)16(25)20(18)9-11(22)27-2/h4-8,12-13H,9H2,1-3H3/t12-,13+,18-,19+/m1/s1. The maximum absolute atomic E-state index is 13.3. The summed E-state index contributed by atoms with van der Waals surface area (Å²) in [5, 5.41) is 0. The molecule has 0 aromatic heterocycles. The average molecular weight is 402 g/mol. The van der Waals surface area contributed by atoms with Crippen LogP contribution in [0.4, 0.5) is 5.69 Å². The van der Waals surface area contributed by atoms with Gasteiger partial charge in [-0.1, -0.05) is 18.2 Å². The van der Waals surface area contributed by atoms with Gasteiger partial charge in [0, 0.05) is 0 Å². The van der Waals surface area contributed by atoms with Crippen molar-refractivity contribution in [3.05, 3.63) is 30.3 Å². The molecule has 4 rings (SSSR count). The van der Waals surface area contributed by atoms with Gasteiger partial charge >= 0.3 is 11.9 Å². The molecule has 1 aromatic rings. The summed E-state index contributed by atoms with van der Waals surface area (Å²) < 4.78 is 15.2. The number of carbonyl (C=O) groups is 5. The van der Waals surface area contributed by atoms with Crippen LogP contribution in [-0.2, 0) is 38.2 Å². The Labute approximate surface area is 165 Å². The quantitative estimate of drug-likeness (QED) is 0.374. The maximum atomic E-state index is 13.3. The van der Waals surface area contributed by atoms with Crippen LogP contribution in [0.15, 0.2) is 30.3 Å². The SMILES string of the molecule is COC(=O)CN1C(=O)[C@@]2(C(=O)OC)O[C@]1(C)[C@H]1C(=O)N(c3ccccc3)C(=O)[C@H]12. The fraction of sp³-hybridized carbons (Fsp3) is 0.421. The normalized spacial score (nSPS) is 32.6. The summed E-state index contributed by atoms with van der Waals surface area (Å²) in [4.78, 5) is 66.2. The summed E-state index contributed by atoms with van der Waals surface area (Å²) in [6, 6.07) is 8.17. The van der Waals surface area contributed by atoms with E-state index in [1.807, 2.05) is 0 Å². The smallest absolute Gasteiger partial charge is 0.349 e. The molecule has 3 heterocycles. The zero-order valence-electron chi connectivity index (χ0n) is 15.9. The third-order valence-corrected chi connectivity index (χ3v) is 5.81. The summed E-state index contributed by atoms with van der Waals surface area (Å²) in [6.07, 6.45) is 0. The van der Waals surface area contributed by atoms with Crippen LogP contribution >= 0.6 is 0 Å². The molecule has 3 saturated heterocycles. The molecule has 0 unspecified atom stereocenters. The van der Waals surface area contributed by atoms with Crippen LogP contribution in [0, 0.1) is 11.8 Å². The molecule has 1 aromatic carbocycles. The Morgan fingerprint density at radius 3 is 2.24 bits per heavy atom. The molecule has 152 valence electrons. The van der Waals surface area contributed by atoms with E-state index < -0.39 is 59.4 Å². The molecule has 3 aliphatic rings. The second-order valence-electron chi connectivity index (χ2n) is 7.15. The van der Waals surface area contributed by atoms with E-state index in [2.05, 4.69) is 4.74 Å². The fourth-order valence-electron chi connectivity index (χ4n) is 4.54. The van der Waals surface area contributed by atoms with E-state index in [-0.39, 0.29) is 0 Å². The molecule has 0 saturated carbocycles. The molecule has 2 bridgehead atoms. The Morgan fingerprint density at radius 2 is 1.66 bits per heavy atom. The molecule has 0 spiro atoms. The summed E-state index contributed by atoms with van der Waals surface area (Å²) in [5.74, 6) is -6.69.